The standard InChI is InChI=1S/C28H32N2O4/c1-4-6-7-11-18-30-24-20-22(29-25(31)17-14-21-12-9-8-10-13-21)15-16-23(24)26(33-3)27(28(30)32)34-19-5-2/h5,8-10,12-17,20H,2,4,6-7,11,18-19H2,1,3H3,(H,29,31). The highest BCUT2D eigenvalue weighted by Crippen LogP contribution is 2.34. The molecule has 178 valence electrons. The van der Waals surface area contributed by atoms with Gasteiger partial charge in [0.1, 0.15) is 6.61 Å². The number of aromatic nitrogens is 1. The Kier molecular flexibility index (Phi) is 9.09. The van der Waals surface area contributed by atoms with E-state index in [4.69, 9.17) is 9.47 Å². The molecule has 1 heterocycles. The highest BCUT2D eigenvalue weighted by atomic mass is 16.5. The minimum absolute atomic E-state index is 0.174. The van der Waals surface area contributed by atoms with E-state index in [2.05, 4.69) is 18.8 Å². The van der Waals surface area contributed by atoms with Crippen molar-refractivity contribution in [3.8, 4) is 11.5 Å². The van der Waals surface area contributed by atoms with Crippen LogP contribution in [0.5, 0.6) is 11.5 Å². The van der Waals surface area contributed by atoms with Crippen molar-refractivity contribution in [3.63, 3.8) is 0 Å². The molecule has 0 saturated carbocycles. The van der Waals surface area contributed by atoms with Gasteiger partial charge in [-0.1, -0.05) is 69.2 Å². The minimum Gasteiger partial charge on any atom is -0.492 e. The Morgan fingerprint density at radius 2 is 1.88 bits per heavy atom. The third-order valence-electron chi connectivity index (χ3n) is 5.46. The molecule has 3 rings (SSSR count). The van der Waals surface area contributed by atoms with Gasteiger partial charge in [-0.15, -0.1) is 0 Å². The van der Waals surface area contributed by atoms with Gasteiger partial charge in [-0.25, -0.2) is 0 Å². The number of pyridine rings is 1. The summed E-state index contributed by atoms with van der Waals surface area (Å²) < 4.78 is 13.0. The van der Waals surface area contributed by atoms with Gasteiger partial charge >= 0.3 is 0 Å². The van der Waals surface area contributed by atoms with Crippen molar-refractivity contribution in [2.45, 2.75) is 39.2 Å². The first-order valence-corrected chi connectivity index (χ1v) is 11.6. The summed E-state index contributed by atoms with van der Waals surface area (Å²) >= 11 is 0. The van der Waals surface area contributed by atoms with Crippen LogP contribution in [0.1, 0.15) is 38.2 Å². The zero-order chi connectivity index (χ0) is 24.3. The largest absolute Gasteiger partial charge is 0.492 e. The van der Waals surface area contributed by atoms with Crippen LogP contribution in [0.2, 0.25) is 0 Å². The summed E-state index contributed by atoms with van der Waals surface area (Å²) in [5, 5.41) is 3.63. The Labute approximate surface area is 200 Å². The Morgan fingerprint density at radius 3 is 2.59 bits per heavy atom. The second-order valence-electron chi connectivity index (χ2n) is 7.94. The van der Waals surface area contributed by atoms with Gasteiger partial charge < -0.3 is 19.4 Å². The van der Waals surface area contributed by atoms with Crippen molar-refractivity contribution in [1.29, 1.82) is 0 Å². The van der Waals surface area contributed by atoms with Crippen molar-refractivity contribution >= 4 is 28.6 Å². The lowest BCUT2D eigenvalue weighted by Crippen LogP contribution is -2.24. The van der Waals surface area contributed by atoms with Crippen LogP contribution in [0, 0.1) is 0 Å². The lowest BCUT2D eigenvalue weighted by Gasteiger charge is -2.18. The number of carbonyl (C=O) groups is 1. The number of carbonyl (C=O) groups excluding carboxylic acids is 1. The molecule has 0 unspecified atom stereocenters. The molecule has 6 heteroatoms. The predicted octanol–water partition coefficient (Wildman–Crippen LogP) is 5.81. The number of nitrogens with one attached hydrogen (secondary N) is 1. The number of hydrogen-bond donors (Lipinski definition) is 1. The van der Waals surface area contributed by atoms with E-state index in [0.29, 0.717) is 23.5 Å². The van der Waals surface area contributed by atoms with E-state index in [1.807, 2.05) is 42.5 Å². The molecule has 0 spiro atoms. The average Bonchev–Trinajstić information content (AvgIpc) is 2.86. The first kappa shape index (κ1) is 24.8. The van der Waals surface area contributed by atoms with Crippen LogP contribution in [-0.2, 0) is 11.3 Å². The number of unbranched alkanes of at least 4 members (excludes halogenated alkanes) is 3. The molecule has 0 aliphatic heterocycles. The Hall–Kier alpha value is -3.80. The van der Waals surface area contributed by atoms with Gasteiger partial charge in [0.2, 0.25) is 11.7 Å². The fourth-order valence-electron chi connectivity index (χ4n) is 3.79. The molecule has 1 amide bonds. The number of aryl methyl sites for hydroxylation is 1. The van der Waals surface area contributed by atoms with E-state index in [1.54, 1.807) is 22.8 Å². The van der Waals surface area contributed by atoms with Gasteiger partial charge in [0.25, 0.3) is 5.56 Å². The molecule has 1 aromatic heterocycles. The smallest absolute Gasteiger partial charge is 0.297 e. The second-order valence-corrected chi connectivity index (χ2v) is 7.94. The Bertz CT molecular complexity index is 1210. The highest BCUT2D eigenvalue weighted by Gasteiger charge is 2.19. The maximum absolute atomic E-state index is 13.4. The molecule has 2 aromatic carbocycles. The molecule has 1 N–H and O–H groups in total. The number of hydrogen-bond acceptors (Lipinski definition) is 4. The van der Waals surface area contributed by atoms with E-state index in [0.717, 1.165) is 36.6 Å². The quantitative estimate of drug-likeness (QED) is 0.210. The fraction of sp³-hybridized carbons (Fsp3) is 0.286. The topological polar surface area (TPSA) is 69.6 Å². The summed E-state index contributed by atoms with van der Waals surface area (Å²) in [6.45, 7) is 6.57. The molecular weight excluding hydrogens is 428 g/mol. The highest BCUT2D eigenvalue weighted by molar-refractivity contribution is 6.03. The Morgan fingerprint density at radius 1 is 1.09 bits per heavy atom. The maximum atomic E-state index is 13.4. The molecule has 0 aliphatic carbocycles. The van der Waals surface area contributed by atoms with Gasteiger partial charge in [-0.3, -0.25) is 9.59 Å². The van der Waals surface area contributed by atoms with Crippen LogP contribution in [0.4, 0.5) is 5.69 Å². The van der Waals surface area contributed by atoms with Gasteiger partial charge in [-0.05, 0) is 36.3 Å². The van der Waals surface area contributed by atoms with Crippen molar-refractivity contribution in [1.82, 2.24) is 4.57 Å². The number of amides is 1. The van der Waals surface area contributed by atoms with Crippen molar-refractivity contribution in [2.75, 3.05) is 19.0 Å². The minimum atomic E-state index is -0.254. The molecular formula is C28H32N2O4. The molecule has 0 atom stereocenters. The van der Waals surface area contributed by atoms with E-state index >= 15 is 0 Å². The number of ether oxygens (including phenoxy) is 2. The predicted molar refractivity (Wildman–Crippen MR) is 139 cm³/mol. The number of benzene rings is 2. The van der Waals surface area contributed by atoms with Crippen LogP contribution < -0.4 is 20.3 Å². The Balaban J connectivity index is 1.97. The van der Waals surface area contributed by atoms with E-state index < -0.39 is 0 Å². The van der Waals surface area contributed by atoms with Crippen LogP contribution in [0.15, 0.2) is 72.1 Å². The number of fused-ring (bicyclic) bond motifs is 1. The van der Waals surface area contributed by atoms with Crippen molar-refractivity contribution < 1.29 is 14.3 Å². The number of rotatable bonds is 12. The summed E-state index contributed by atoms with van der Waals surface area (Å²) in [5.74, 6) is 0.305. The van der Waals surface area contributed by atoms with Crippen LogP contribution >= 0.6 is 0 Å². The number of methoxy groups -OCH3 is 1. The molecule has 0 radical (unpaired) electrons. The maximum Gasteiger partial charge on any atom is 0.297 e. The van der Waals surface area contributed by atoms with E-state index in [9.17, 15) is 9.59 Å². The van der Waals surface area contributed by atoms with Crippen molar-refractivity contribution in [3.05, 3.63) is 83.2 Å². The summed E-state index contributed by atoms with van der Waals surface area (Å²) in [6.07, 6.45) is 8.95. The molecule has 34 heavy (non-hydrogen) atoms. The van der Waals surface area contributed by atoms with Gasteiger partial charge in [-0.2, -0.15) is 0 Å². The average molecular weight is 461 g/mol. The van der Waals surface area contributed by atoms with Gasteiger partial charge in [0, 0.05) is 23.7 Å². The molecule has 0 aliphatic rings. The van der Waals surface area contributed by atoms with E-state index in [1.165, 1.54) is 13.2 Å². The zero-order valence-electron chi connectivity index (χ0n) is 19.9. The lowest BCUT2D eigenvalue weighted by molar-refractivity contribution is -0.111. The first-order chi connectivity index (χ1) is 16.6. The zero-order valence-corrected chi connectivity index (χ0v) is 19.9. The van der Waals surface area contributed by atoms with Crippen LogP contribution in [-0.4, -0.2) is 24.2 Å². The normalized spacial score (nSPS) is 11.0. The molecule has 6 nitrogen and oxygen atoms in total. The van der Waals surface area contributed by atoms with Crippen molar-refractivity contribution in [2.24, 2.45) is 0 Å². The number of anilines is 1. The van der Waals surface area contributed by atoms with Gasteiger partial charge in [0.15, 0.2) is 5.75 Å². The van der Waals surface area contributed by atoms with Crippen LogP contribution in [0.3, 0.4) is 0 Å². The third kappa shape index (κ3) is 6.16. The SMILES string of the molecule is C=CCOc1c(OC)c2ccc(NC(=O)C=Cc3ccccc3)cc2n(CCCCCC)c1=O. The van der Waals surface area contributed by atoms with E-state index in [-0.39, 0.29) is 23.8 Å². The molecule has 0 fully saturated rings. The second kappa shape index (κ2) is 12.4. The molecule has 0 bridgehead atoms. The lowest BCUT2D eigenvalue weighted by atomic mass is 10.1. The summed E-state index contributed by atoms with van der Waals surface area (Å²) in [7, 11) is 1.52. The summed E-state index contributed by atoms with van der Waals surface area (Å²) in [5.41, 5.74) is 1.97. The third-order valence-corrected chi connectivity index (χ3v) is 5.46. The fourth-order valence-corrected chi connectivity index (χ4v) is 3.79. The number of nitrogens with zero attached hydrogens (tertiary/aromatic N) is 1. The summed E-state index contributed by atoms with van der Waals surface area (Å²) in [6, 6.07) is 15.1. The monoisotopic (exact) mass is 460 g/mol. The molecule has 3 aromatic rings. The first-order valence-electron chi connectivity index (χ1n) is 11.6. The van der Waals surface area contributed by atoms with Crippen LogP contribution in [0.25, 0.3) is 17.0 Å². The summed E-state index contributed by atoms with van der Waals surface area (Å²) in [4.78, 5) is 25.8. The van der Waals surface area contributed by atoms with Gasteiger partial charge in [0.05, 0.1) is 12.6 Å². The molecule has 0 saturated heterocycles.